The number of hydrogen-bond acceptors (Lipinski definition) is 6. The van der Waals surface area contributed by atoms with Crippen molar-refractivity contribution in [1.29, 1.82) is 0 Å². The van der Waals surface area contributed by atoms with E-state index < -0.39 is 6.04 Å². The molecule has 0 saturated heterocycles. The van der Waals surface area contributed by atoms with Gasteiger partial charge in [0.05, 0.1) is 27.5 Å². The normalized spacial score (nSPS) is 11.8. The van der Waals surface area contributed by atoms with Crippen molar-refractivity contribution in [1.82, 2.24) is 5.43 Å². The number of ether oxygens (including phenoxy) is 3. The fourth-order valence-electron chi connectivity index (χ4n) is 2.52. The molecule has 0 aliphatic carbocycles. The molecule has 0 radical (unpaired) electrons. The van der Waals surface area contributed by atoms with Gasteiger partial charge in [0.2, 0.25) is 5.75 Å². The second-order valence-electron chi connectivity index (χ2n) is 5.80. The van der Waals surface area contributed by atoms with E-state index in [2.05, 4.69) is 31.8 Å². The van der Waals surface area contributed by atoms with E-state index >= 15 is 0 Å². The van der Waals surface area contributed by atoms with Crippen molar-refractivity contribution < 1.29 is 19.0 Å². The summed E-state index contributed by atoms with van der Waals surface area (Å²) in [6.45, 7) is 1.93. The van der Waals surface area contributed by atoms with E-state index in [1.165, 1.54) is 13.3 Å². The molecule has 1 amide bonds. The lowest BCUT2D eigenvalue weighted by Gasteiger charge is -2.16. The van der Waals surface area contributed by atoms with Crippen LogP contribution in [0.3, 0.4) is 0 Å². The van der Waals surface area contributed by atoms with Crippen LogP contribution in [-0.4, -0.2) is 39.5 Å². The van der Waals surface area contributed by atoms with E-state index in [1.807, 2.05) is 31.2 Å². The fraction of sp³-hybridized carbons (Fsp3) is 0.300. The first-order valence-corrected chi connectivity index (χ1v) is 9.46. The van der Waals surface area contributed by atoms with Crippen molar-refractivity contribution in [3.63, 3.8) is 0 Å². The SMILES string of the molecule is CC[C@H](Nc1ccc(Br)cc1)C(=O)N/N=C\c1cc(OC)c(OC)c(OC)c1. The van der Waals surface area contributed by atoms with Gasteiger partial charge in [0.25, 0.3) is 5.91 Å². The summed E-state index contributed by atoms with van der Waals surface area (Å²) in [5.41, 5.74) is 4.12. The maximum absolute atomic E-state index is 12.4. The summed E-state index contributed by atoms with van der Waals surface area (Å²) in [4.78, 5) is 12.4. The molecule has 0 unspecified atom stereocenters. The topological polar surface area (TPSA) is 81.2 Å². The van der Waals surface area contributed by atoms with Crippen LogP contribution in [0.4, 0.5) is 5.69 Å². The van der Waals surface area contributed by atoms with Crippen molar-refractivity contribution >= 4 is 33.7 Å². The summed E-state index contributed by atoms with van der Waals surface area (Å²) in [5.74, 6) is 1.29. The number of hydrazone groups is 1. The first-order valence-electron chi connectivity index (χ1n) is 8.67. The Balaban J connectivity index is 2.06. The maximum Gasteiger partial charge on any atom is 0.262 e. The third-order valence-corrected chi connectivity index (χ3v) is 4.51. The van der Waals surface area contributed by atoms with Gasteiger partial charge in [-0.05, 0) is 42.8 Å². The average molecular weight is 450 g/mol. The van der Waals surface area contributed by atoms with Crippen LogP contribution in [0.2, 0.25) is 0 Å². The molecule has 150 valence electrons. The van der Waals surface area contributed by atoms with E-state index in [-0.39, 0.29) is 5.91 Å². The third-order valence-electron chi connectivity index (χ3n) is 3.99. The molecule has 0 aliphatic rings. The molecule has 28 heavy (non-hydrogen) atoms. The summed E-state index contributed by atoms with van der Waals surface area (Å²) in [6, 6.07) is 10.7. The third kappa shape index (κ3) is 5.63. The van der Waals surface area contributed by atoms with Gasteiger partial charge in [-0.3, -0.25) is 4.79 Å². The Morgan fingerprint density at radius 3 is 2.21 bits per heavy atom. The number of anilines is 1. The highest BCUT2D eigenvalue weighted by Gasteiger charge is 2.16. The zero-order chi connectivity index (χ0) is 20.5. The summed E-state index contributed by atoms with van der Waals surface area (Å²) in [6.07, 6.45) is 2.14. The van der Waals surface area contributed by atoms with Crippen LogP contribution in [0.1, 0.15) is 18.9 Å². The van der Waals surface area contributed by atoms with Gasteiger partial charge in [0.1, 0.15) is 6.04 Å². The predicted molar refractivity (Wildman–Crippen MR) is 114 cm³/mol. The van der Waals surface area contributed by atoms with Gasteiger partial charge in [-0.1, -0.05) is 22.9 Å². The number of nitrogens with one attached hydrogen (secondary N) is 2. The van der Waals surface area contributed by atoms with Gasteiger partial charge in [-0.2, -0.15) is 5.10 Å². The van der Waals surface area contributed by atoms with E-state index in [9.17, 15) is 4.79 Å². The van der Waals surface area contributed by atoms with Crippen molar-refractivity contribution in [3.8, 4) is 17.2 Å². The molecule has 2 aromatic carbocycles. The quantitative estimate of drug-likeness (QED) is 0.449. The highest BCUT2D eigenvalue weighted by atomic mass is 79.9. The van der Waals surface area contributed by atoms with Gasteiger partial charge in [-0.25, -0.2) is 5.43 Å². The summed E-state index contributed by atoms with van der Waals surface area (Å²) >= 11 is 3.39. The Hall–Kier alpha value is -2.74. The Kier molecular flexibility index (Phi) is 8.13. The molecule has 0 bridgehead atoms. The minimum Gasteiger partial charge on any atom is -0.493 e. The Labute approximate surface area is 173 Å². The van der Waals surface area contributed by atoms with E-state index in [4.69, 9.17) is 14.2 Å². The van der Waals surface area contributed by atoms with Crippen molar-refractivity contribution in [2.75, 3.05) is 26.6 Å². The molecule has 2 N–H and O–H groups in total. The number of halogens is 1. The van der Waals surface area contributed by atoms with Gasteiger partial charge >= 0.3 is 0 Å². The number of benzene rings is 2. The average Bonchev–Trinajstić information content (AvgIpc) is 2.72. The van der Waals surface area contributed by atoms with Gasteiger partial charge in [0.15, 0.2) is 11.5 Å². The first kappa shape index (κ1) is 21.6. The minimum atomic E-state index is -0.404. The Morgan fingerprint density at radius 1 is 1.11 bits per heavy atom. The summed E-state index contributed by atoms with van der Waals surface area (Å²) < 4.78 is 16.9. The van der Waals surface area contributed by atoms with Gasteiger partial charge in [-0.15, -0.1) is 0 Å². The molecule has 0 aliphatic heterocycles. The summed E-state index contributed by atoms with van der Waals surface area (Å²) in [7, 11) is 4.62. The molecule has 8 heteroatoms. The number of carbonyl (C=O) groups is 1. The number of methoxy groups -OCH3 is 3. The van der Waals surface area contributed by atoms with Crippen LogP contribution in [0.25, 0.3) is 0 Å². The number of nitrogens with zero attached hydrogens (tertiary/aromatic N) is 1. The van der Waals surface area contributed by atoms with E-state index in [0.717, 1.165) is 10.2 Å². The lowest BCUT2D eigenvalue weighted by molar-refractivity contribution is -0.121. The molecule has 1 atom stereocenters. The monoisotopic (exact) mass is 449 g/mol. The van der Waals surface area contributed by atoms with Crippen LogP contribution in [-0.2, 0) is 4.79 Å². The Morgan fingerprint density at radius 2 is 1.71 bits per heavy atom. The smallest absolute Gasteiger partial charge is 0.262 e. The largest absolute Gasteiger partial charge is 0.493 e. The van der Waals surface area contributed by atoms with E-state index in [1.54, 1.807) is 26.4 Å². The number of carbonyl (C=O) groups excluding carboxylic acids is 1. The first-order chi connectivity index (χ1) is 13.5. The van der Waals surface area contributed by atoms with Crippen molar-refractivity contribution in [3.05, 3.63) is 46.4 Å². The fourth-order valence-corrected chi connectivity index (χ4v) is 2.79. The second-order valence-corrected chi connectivity index (χ2v) is 6.72. The number of rotatable bonds is 9. The van der Waals surface area contributed by atoms with Gasteiger partial charge in [0, 0.05) is 15.7 Å². The highest BCUT2D eigenvalue weighted by molar-refractivity contribution is 9.10. The molecule has 0 heterocycles. The second kappa shape index (κ2) is 10.6. The van der Waals surface area contributed by atoms with Crippen LogP contribution in [0.5, 0.6) is 17.2 Å². The van der Waals surface area contributed by atoms with E-state index in [0.29, 0.717) is 29.2 Å². The lowest BCUT2D eigenvalue weighted by Crippen LogP contribution is -2.36. The standard InChI is InChI=1S/C20H24BrN3O4/c1-5-16(23-15-8-6-14(21)7-9-15)20(25)24-22-12-13-10-17(26-2)19(28-4)18(11-13)27-3/h6-12,16,23H,5H2,1-4H3,(H,24,25)/b22-12-/t16-/m0/s1. The predicted octanol–water partition coefficient (Wildman–Crippen LogP) is 3.82. The zero-order valence-corrected chi connectivity index (χ0v) is 17.9. The minimum absolute atomic E-state index is 0.228. The number of amides is 1. The lowest BCUT2D eigenvalue weighted by atomic mass is 10.2. The molecule has 2 rings (SSSR count). The molecular weight excluding hydrogens is 426 g/mol. The molecular formula is C20H24BrN3O4. The number of hydrogen-bond donors (Lipinski definition) is 2. The highest BCUT2D eigenvalue weighted by Crippen LogP contribution is 2.37. The molecule has 0 aromatic heterocycles. The van der Waals surface area contributed by atoms with Crippen molar-refractivity contribution in [2.24, 2.45) is 5.10 Å². The molecule has 2 aromatic rings. The van der Waals surface area contributed by atoms with Crippen molar-refractivity contribution in [2.45, 2.75) is 19.4 Å². The van der Waals surface area contributed by atoms with Crippen LogP contribution in [0, 0.1) is 0 Å². The Bertz CT molecular complexity index is 800. The molecule has 7 nitrogen and oxygen atoms in total. The molecule has 0 fully saturated rings. The van der Waals surface area contributed by atoms with Gasteiger partial charge < -0.3 is 19.5 Å². The maximum atomic E-state index is 12.4. The zero-order valence-electron chi connectivity index (χ0n) is 16.3. The molecule has 0 spiro atoms. The molecule has 0 saturated carbocycles. The van der Waals surface area contributed by atoms with Crippen LogP contribution in [0.15, 0.2) is 46.0 Å². The summed E-state index contributed by atoms with van der Waals surface area (Å²) in [5, 5.41) is 7.24. The van der Waals surface area contributed by atoms with Crippen LogP contribution < -0.4 is 25.0 Å². The van der Waals surface area contributed by atoms with Crippen LogP contribution >= 0.6 is 15.9 Å².